The number of H-pyrrole nitrogens is 1. The lowest BCUT2D eigenvalue weighted by atomic mass is 9.97. The molecule has 1 aromatic heterocycles. The second-order valence-corrected chi connectivity index (χ2v) is 6.77. The predicted molar refractivity (Wildman–Crippen MR) is 97.4 cm³/mol. The molecule has 1 N–H and O–H groups in total. The maximum absolute atomic E-state index is 6.19. The van der Waals surface area contributed by atoms with E-state index in [0.29, 0.717) is 0 Å². The van der Waals surface area contributed by atoms with Gasteiger partial charge in [-0.2, -0.15) is 0 Å². The van der Waals surface area contributed by atoms with Crippen LogP contribution in [0.3, 0.4) is 0 Å². The van der Waals surface area contributed by atoms with E-state index in [2.05, 4.69) is 44.0 Å². The van der Waals surface area contributed by atoms with Crippen molar-refractivity contribution in [2.45, 2.75) is 26.4 Å². The van der Waals surface area contributed by atoms with Crippen molar-refractivity contribution in [3.05, 3.63) is 35.4 Å². The van der Waals surface area contributed by atoms with Crippen molar-refractivity contribution in [1.29, 1.82) is 0 Å². The summed E-state index contributed by atoms with van der Waals surface area (Å²) in [4.78, 5) is 3.52. The maximum atomic E-state index is 6.19. The van der Waals surface area contributed by atoms with Crippen molar-refractivity contribution in [3.63, 3.8) is 0 Å². The number of rotatable bonds is 2. The van der Waals surface area contributed by atoms with Gasteiger partial charge in [-0.15, -0.1) is 0 Å². The molecule has 0 radical (unpaired) electrons. The van der Waals surface area contributed by atoms with Crippen molar-refractivity contribution in [3.8, 4) is 17.2 Å². The van der Waals surface area contributed by atoms with Gasteiger partial charge in [0.05, 0.1) is 25.3 Å². The number of aryl methyl sites for hydroxylation is 1. The molecule has 2 heterocycles. The monoisotopic (exact) mass is 323 g/mol. The van der Waals surface area contributed by atoms with Crippen molar-refractivity contribution < 1.29 is 14.2 Å². The second-order valence-electron chi connectivity index (χ2n) is 6.77. The quantitative estimate of drug-likeness (QED) is 0.734. The molecule has 4 rings (SSSR count). The molecule has 0 saturated carbocycles. The summed E-state index contributed by atoms with van der Waals surface area (Å²) in [5.41, 5.74) is 3.95. The Bertz CT molecular complexity index is 995. The highest BCUT2D eigenvalue weighted by Crippen LogP contribution is 2.43. The molecule has 0 aliphatic carbocycles. The topological polar surface area (TPSA) is 43.5 Å². The Morgan fingerprint density at radius 3 is 2.46 bits per heavy atom. The van der Waals surface area contributed by atoms with E-state index >= 15 is 0 Å². The lowest BCUT2D eigenvalue weighted by Gasteiger charge is -2.29. The molecule has 0 spiro atoms. The Morgan fingerprint density at radius 2 is 1.75 bits per heavy atom. The number of benzene rings is 2. The summed E-state index contributed by atoms with van der Waals surface area (Å²) < 4.78 is 17.2. The van der Waals surface area contributed by atoms with E-state index in [4.69, 9.17) is 14.2 Å². The van der Waals surface area contributed by atoms with Crippen LogP contribution in [0.25, 0.3) is 27.9 Å². The normalized spacial score (nSPS) is 15.4. The van der Waals surface area contributed by atoms with Gasteiger partial charge in [-0.05, 0) is 50.6 Å². The van der Waals surface area contributed by atoms with E-state index in [1.807, 2.05) is 12.1 Å². The molecule has 4 nitrogen and oxygen atoms in total. The standard InChI is InChI=1S/C20H21NO3/c1-11-8-14-15-9-12(22-4)10-16(23-5)18(15)21-17(14)13-6-7-20(2,3)24-19(11)13/h6-10,21H,1-5H3. The van der Waals surface area contributed by atoms with Crippen LogP contribution in [-0.4, -0.2) is 24.8 Å². The van der Waals surface area contributed by atoms with Crippen molar-refractivity contribution in [1.82, 2.24) is 4.98 Å². The van der Waals surface area contributed by atoms with Gasteiger partial charge < -0.3 is 19.2 Å². The van der Waals surface area contributed by atoms with Crippen LogP contribution in [0.5, 0.6) is 17.2 Å². The van der Waals surface area contributed by atoms with Crippen LogP contribution in [0.2, 0.25) is 0 Å². The first-order valence-corrected chi connectivity index (χ1v) is 8.03. The van der Waals surface area contributed by atoms with Crippen LogP contribution < -0.4 is 14.2 Å². The zero-order chi connectivity index (χ0) is 17.1. The molecule has 1 aliphatic rings. The van der Waals surface area contributed by atoms with Crippen LogP contribution in [-0.2, 0) is 0 Å². The van der Waals surface area contributed by atoms with Crippen LogP contribution in [0, 0.1) is 6.92 Å². The van der Waals surface area contributed by atoms with Crippen LogP contribution in [0.1, 0.15) is 25.0 Å². The largest absolute Gasteiger partial charge is 0.497 e. The van der Waals surface area contributed by atoms with Crippen molar-refractivity contribution in [2.75, 3.05) is 14.2 Å². The van der Waals surface area contributed by atoms with Gasteiger partial charge in [0.1, 0.15) is 22.8 Å². The van der Waals surface area contributed by atoms with Crippen LogP contribution in [0.4, 0.5) is 0 Å². The summed E-state index contributed by atoms with van der Waals surface area (Å²) in [5.74, 6) is 2.49. The summed E-state index contributed by atoms with van der Waals surface area (Å²) >= 11 is 0. The molecule has 0 unspecified atom stereocenters. The fourth-order valence-electron chi connectivity index (χ4n) is 3.38. The van der Waals surface area contributed by atoms with Gasteiger partial charge >= 0.3 is 0 Å². The number of hydrogen-bond donors (Lipinski definition) is 1. The summed E-state index contributed by atoms with van der Waals surface area (Å²) in [6.45, 7) is 6.22. The Morgan fingerprint density at radius 1 is 1.00 bits per heavy atom. The maximum Gasteiger partial charge on any atom is 0.146 e. The summed E-state index contributed by atoms with van der Waals surface area (Å²) in [6, 6.07) is 6.10. The first-order chi connectivity index (χ1) is 11.4. The molecule has 124 valence electrons. The average molecular weight is 323 g/mol. The average Bonchev–Trinajstić information content (AvgIpc) is 2.92. The summed E-state index contributed by atoms with van der Waals surface area (Å²) in [6.07, 6.45) is 4.24. The highest BCUT2D eigenvalue weighted by Gasteiger charge is 2.26. The van der Waals surface area contributed by atoms with Gasteiger partial charge in [-0.3, -0.25) is 0 Å². The smallest absolute Gasteiger partial charge is 0.146 e. The minimum absolute atomic E-state index is 0.293. The van der Waals surface area contributed by atoms with E-state index in [-0.39, 0.29) is 5.60 Å². The van der Waals surface area contributed by atoms with E-state index in [1.54, 1.807) is 14.2 Å². The Hall–Kier alpha value is -2.62. The lowest BCUT2D eigenvalue weighted by molar-refractivity contribution is 0.158. The van der Waals surface area contributed by atoms with E-state index in [9.17, 15) is 0 Å². The highest BCUT2D eigenvalue weighted by molar-refractivity contribution is 6.13. The molecule has 0 bridgehead atoms. The number of aromatic amines is 1. The molecule has 1 aliphatic heterocycles. The third-order valence-electron chi connectivity index (χ3n) is 4.59. The molecular weight excluding hydrogens is 302 g/mol. The number of hydrogen-bond acceptors (Lipinski definition) is 3. The number of fused-ring (bicyclic) bond motifs is 5. The Kier molecular flexibility index (Phi) is 3.07. The number of aromatic nitrogens is 1. The molecule has 0 atom stereocenters. The zero-order valence-electron chi connectivity index (χ0n) is 14.6. The van der Waals surface area contributed by atoms with E-state index in [0.717, 1.165) is 50.2 Å². The summed E-state index contributed by atoms with van der Waals surface area (Å²) in [5, 5.41) is 2.23. The highest BCUT2D eigenvalue weighted by atomic mass is 16.5. The molecule has 0 fully saturated rings. The van der Waals surface area contributed by atoms with Gasteiger partial charge in [-0.1, -0.05) is 0 Å². The molecule has 24 heavy (non-hydrogen) atoms. The van der Waals surface area contributed by atoms with Gasteiger partial charge in [0.15, 0.2) is 0 Å². The van der Waals surface area contributed by atoms with Gasteiger partial charge in [0.2, 0.25) is 0 Å². The third-order valence-corrected chi connectivity index (χ3v) is 4.59. The van der Waals surface area contributed by atoms with E-state index < -0.39 is 0 Å². The van der Waals surface area contributed by atoms with Gasteiger partial charge in [0, 0.05) is 22.4 Å². The minimum atomic E-state index is -0.293. The van der Waals surface area contributed by atoms with Crippen molar-refractivity contribution in [2.24, 2.45) is 0 Å². The molecule has 0 saturated heterocycles. The Balaban J connectivity index is 2.11. The molecular formula is C20H21NO3. The minimum Gasteiger partial charge on any atom is -0.497 e. The zero-order valence-corrected chi connectivity index (χ0v) is 14.6. The molecule has 2 aromatic carbocycles. The number of ether oxygens (including phenoxy) is 3. The first-order valence-electron chi connectivity index (χ1n) is 8.03. The number of nitrogens with one attached hydrogen (secondary N) is 1. The van der Waals surface area contributed by atoms with Crippen LogP contribution in [0.15, 0.2) is 24.3 Å². The Labute approximate surface area is 141 Å². The fourth-order valence-corrected chi connectivity index (χ4v) is 3.38. The predicted octanol–water partition coefficient (Wildman–Crippen LogP) is 4.83. The fraction of sp³-hybridized carbons (Fsp3) is 0.300. The number of methoxy groups -OCH3 is 2. The first kappa shape index (κ1) is 14.9. The van der Waals surface area contributed by atoms with Crippen molar-refractivity contribution >= 4 is 27.9 Å². The molecule has 0 amide bonds. The SMILES string of the molecule is COc1cc(OC)c2[nH]c3c4c(c(C)cc3c2c1)OC(C)(C)C=C4. The van der Waals surface area contributed by atoms with E-state index in [1.165, 1.54) is 0 Å². The van der Waals surface area contributed by atoms with Gasteiger partial charge in [-0.25, -0.2) is 0 Å². The summed E-state index contributed by atoms with van der Waals surface area (Å²) in [7, 11) is 3.34. The lowest BCUT2D eigenvalue weighted by Crippen LogP contribution is -2.28. The van der Waals surface area contributed by atoms with Gasteiger partial charge in [0.25, 0.3) is 0 Å². The second kappa shape index (κ2) is 4.94. The molecule has 4 heteroatoms. The third kappa shape index (κ3) is 2.06. The van der Waals surface area contributed by atoms with Crippen LogP contribution >= 0.6 is 0 Å². The molecule has 3 aromatic rings.